The molecule has 1 aromatic rings. The minimum absolute atomic E-state index is 0.113. The fraction of sp³-hybridized carbons (Fsp3) is 0.500. The maximum Gasteiger partial charge on any atom is 0.414 e. The highest BCUT2D eigenvalue weighted by Gasteiger charge is 2.22. The summed E-state index contributed by atoms with van der Waals surface area (Å²) in [6.07, 6.45) is -1.04. The zero-order chi connectivity index (χ0) is 17.0. The molecule has 0 spiro atoms. The van der Waals surface area contributed by atoms with Gasteiger partial charge in [-0.2, -0.15) is 0 Å². The number of nitrogens with zero attached hydrogens (tertiary/aromatic N) is 2. The van der Waals surface area contributed by atoms with Gasteiger partial charge in [-0.25, -0.2) is 9.59 Å². The molecule has 0 saturated heterocycles. The van der Waals surface area contributed by atoms with Gasteiger partial charge in [0.25, 0.3) is 0 Å². The highest BCUT2D eigenvalue weighted by Crippen LogP contribution is 2.39. The predicted molar refractivity (Wildman–Crippen MR) is 84.7 cm³/mol. The number of carbonyl (C=O) groups excluding carboxylic acids is 2. The highest BCUT2D eigenvalue weighted by molar-refractivity contribution is 5.76. The monoisotopic (exact) mass is 308 g/mol. The molecule has 0 aliphatic heterocycles. The van der Waals surface area contributed by atoms with E-state index in [0.717, 1.165) is 11.1 Å². The Hall–Kier alpha value is -2.24. The number of hydrogen-bond donors (Lipinski definition) is 0. The number of ether oxygens (including phenoxy) is 2. The summed E-state index contributed by atoms with van der Waals surface area (Å²) in [7, 11) is 6.38. The van der Waals surface area contributed by atoms with Crippen LogP contribution < -0.4 is 9.47 Å². The van der Waals surface area contributed by atoms with Crippen molar-refractivity contribution < 1.29 is 19.1 Å². The molecule has 0 heterocycles. The number of amides is 2. The molecule has 0 aliphatic carbocycles. The fourth-order valence-corrected chi connectivity index (χ4v) is 1.72. The fourth-order valence-electron chi connectivity index (χ4n) is 1.72. The maximum absolute atomic E-state index is 11.9. The van der Waals surface area contributed by atoms with Crippen LogP contribution in [0.4, 0.5) is 9.59 Å². The average molecular weight is 308 g/mol. The Labute approximate surface area is 131 Å². The van der Waals surface area contributed by atoms with Crippen LogP contribution >= 0.6 is 0 Å². The Balaban J connectivity index is 3.35. The van der Waals surface area contributed by atoms with Crippen molar-refractivity contribution in [2.24, 2.45) is 0 Å². The largest absolute Gasteiger partial charge is 0.414 e. The second kappa shape index (κ2) is 7.15. The molecule has 22 heavy (non-hydrogen) atoms. The molecule has 6 heteroatoms. The van der Waals surface area contributed by atoms with E-state index >= 15 is 0 Å². The molecule has 0 radical (unpaired) electrons. The van der Waals surface area contributed by atoms with Crippen molar-refractivity contribution in [1.29, 1.82) is 0 Å². The average Bonchev–Trinajstić information content (AvgIpc) is 2.41. The number of rotatable bonds is 3. The second-order valence-electron chi connectivity index (χ2n) is 5.81. The molecule has 1 aromatic carbocycles. The lowest BCUT2D eigenvalue weighted by atomic mass is 9.99. The van der Waals surface area contributed by atoms with Crippen molar-refractivity contribution in [2.45, 2.75) is 26.7 Å². The third-order valence-electron chi connectivity index (χ3n) is 3.07. The smallest absolute Gasteiger partial charge is 0.406 e. The SMILES string of the molecule is Cc1ccc(C(C)C)c(OC(=O)N(C)C)c1OC(=O)N(C)C. The van der Waals surface area contributed by atoms with Crippen molar-refractivity contribution in [3.63, 3.8) is 0 Å². The molecule has 2 amide bonds. The van der Waals surface area contributed by atoms with E-state index in [4.69, 9.17) is 9.47 Å². The molecule has 0 aliphatic rings. The van der Waals surface area contributed by atoms with Crippen molar-refractivity contribution >= 4 is 12.2 Å². The molecule has 0 unspecified atom stereocenters. The lowest BCUT2D eigenvalue weighted by Gasteiger charge is -2.21. The van der Waals surface area contributed by atoms with Gasteiger partial charge in [0, 0.05) is 33.8 Å². The normalized spacial score (nSPS) is 10.4. The van der Waals surface area contributed by atoms with Gasteiger partial charge in [-0.15, -0.1) is 0 Å². The highest BCUT2D eigenvalue weighted by atomic mass is 16.6. The van der Waals surface area contributed by atoms with Crippen molar-refractivity contribution in [2.75, 3.05) is 28.2 Å². The molecule has 0 bridgehead atoms. The van der Waals surface area contributed by atoms with Crippen molar-refractivity contribution in [3.05, 3.63) is 23.3 Å². The number of hydrogen-bond acceptors (Lipinski definition) is 4. The molecule has 0 fully saturated rings. The summed E-state index contributed by atoms with van der Waals surface area (Å²) in [5, 5.41) is 0. The minimum atomic E-state index is -0.522. The molecular weight excluding hydrogens is 284 g/mol. The third kappa shape index (κ3) is 4.13. The zero-order valence-electron chi connectivity index (χ0n) is 14.3. The first kappa shape index (κ1) is 17.8. The number of aryl methyl sites for hydroxylation is 1. The maximum atomic E-state index is 11.9. The zero-order valence-corrected chi connectivity index (χ0v) is 14.3. The molecule has 1 rings (SSSR count). The topological polar surface area (TPSA) is 59.1 Å². The van der Waals surface area contributed by atoms with Gasteiger partial charge < -0.3 is 19.3 Å². The first-order valence-corrected chi connectivity index (χ1v) is 7.06. The van der Waals surface area contributed by atoms with Crippen LogP contribution in [0.25, 0.3) is 0 Å². The summed E-state index contributed by atoms with van der Waals surface area (Å²) < 4.78 is 10.9. The van der Waals surface area contributed by atoms with Crippen LogP contribution in [0, 0.1) is 6.92 Å². The van der Waals surface area contributed by atoms with Crippen LogP contribution in [0.5, 0.6) is 11.5 Å². The van der Waals surface area contributed by atoms with Gasteiger partial charge >= 0.3 is 12.2 Å². The van der Waals surface area contributed by atoms with Crippen molar-refractivity contribution in [3.8, 4) is 11.5 Å². The molecule has 122 valence electrons. The van der Waals surface area contributed by atoms with E-state index in [-0.39, 0.29) is 11.7 Å². The summed E-state index contributed by atoms with van der Waals surface area (Å²) in [6, 6.07) is 3.73. The second-order valence-corrected chi connectivity index (χ2v) is 5.81. The summed E-state index contributed by atoms with van der Waals surface area (Å²) in [5.41, 5.74) is 1.53. The van der Waals surface area contributed by atoms with E-state index in [0.29, 0.717) is 5.75 Å². The van der Waals surface area contributed by atoms with Gasteiger partial charge in [-0.3, -0.25) is 0 Å². The standard InChI is InChI=1S/C16H24N2O4/c1-10(2)12-9-8-11(3)13(21-15(19)17(4)5)14(12)22-16(20)18(6)7/h8-10H,1-7H3. The van der Waals surface area contributed by atoms with Crippen LogP contribution in [0.1, 0.15) is 30.9 Å². The lowest BCUT2D eigenvalue weighted by molar-refractivity contribution is 0.160. The summed E-state index contributed by atoms with van der Waals surface area (Å²) in [5.74, 6) is 0.686. The summed E-state index contributed by atoms with van der Waals surface area (Å²) in [4.78, 5) is 26.4. The van der Waals surface area contributed by atoms with E-state index in [1.54, 1.807) is 35.1 Å². The Bertz CT molecular complexity index is 566. The van der Waals surface area contributed by atoms with Gasteiger partial charge in [0.15, 0.2) is 11.5 Å². The van der Waals surface area contributed by atoms with Crippen LogP contribution in [-0.4, -0.2) is 50.2 Å². The number of benzene rings is 1. The molecule has 0 saturated carbocycles. The van der Waals surface area contributed by atoms with E-state index in [9.17, 15) is 9.59 Å². The summed E-state index contributed by atoms with van der Waals surface area (Å²) in [6.45, 7) is 5.76. The predicted octanol–water partition coefficient (Wildman–Crippen LogP) is 3.24. The van der Waals surface area contributed by atoms with Gasteiger partial charge in [-0.1, -0.05) is 26.0 Å². The molecule has 0 aromatic heterocycles. The van der Waals surface area contributed by atoms with Crippen LogP contribution in [0.15, 0.2) is 12.1 Å². The Kier molecular flexibility index (Phi) is 5.79. The van der Waals surface area contributed by atoms with Gasteiger partial charge in [0.2, 0.25) is 0 Å². The van der Waals surface area contributed by atoms with Gasteiger partial charge in [0.05, 0.1) is 0 Å². The first-order valence-electron chi connectivity index (χ1n) is 7.06. The van der Waals surface area contributed by atoms with E-state index in [2.05, 4.69) is 0 Å². The summed E-state index contributed by atoms with van der Waals surface area (Å²) >= 11 is 0. The lowest BCUT2D eigenvalue weighted by Crippen LogP contribution is -2.28. The first-order chi connectivity index (χ1) is 10.1. The molecular formula is C16H24N2O4. The van der Waals surface area contributed by atoms with Crippen molar-refractivity contribution in [1.82, 2.24) is 9.80 Å². The number of carbonyl (C=O) groups is 2. The van der Waals surface area contributed by atoms with Crippen LogP contribution in [0.3, 0.4) is 0 Å². The van der Waals surface area contributed by atoms with Gasteiger partial charge in [0.1, 0.15) is 0 Å². The molecule has 6 nitrogen and oxygen atoms in total. The Morgan fingerprint density at radius 3 is 1.77 bits per heavy atom. The van der Waals surface area contributed by atoms with E-state index in [1.165, 1.54) is 9.80 Å². The van der Waals surface area contributed by atoms with Gasteiger partial charge in [-0.05, 0) is 18.4 Å². The van der Waals surface area contributed by atoms with E-state index < -0.39 is 12.2 Å². The van der Waals surface area contributed by atoms with Crippen LogP contribution in [-0.2, 0) is 0 Å². The third-order valence-corrected chi connectivity index (χ3v) is 3.07. The van der Waals surface area contributed by atoms with Crippen LogP contribution in [0.2, 0.25) is 0 Å². The Morgan fingerprint density at radius 1 is 0.909 bits per heavy atom. The molecule has 0 N–H and O–H groups in total. The molecule has 0 atom stereocenters. The quantitative estimate of drug-likeness (QED) is 0.860. The Morgan fingerprint density at radius 2 is 1.36 bits per heavy atom. The van der Waals surface area contributed by atoms with E-state index in [1.807, 2.05) is 26.0 Å². The minimum Gasteiger partial charge on any atom is -0.406 e.